The van der Waals surface area contributed by atoms with Crippen molar-refractivity contribution in [2.45, 2.75) is 40.0 Å². The second kappa shape index (κ2) is 5.12. The maximum atomic E-state index is 11.5. The molecule has 0 saturated heterocycles. The largest absolute Gasteiger partial charge is 0.431 e. The first-order chi connectivity index (χ1) is 11.1. The molecule has 4 rings (SSSR count). The molecule has 1 aliphatic carbocycles. The lowest BCUT2D eigenvalue weighted by Crippen LogP contribution is -2.20. The average Bonchev–Trinajstić information content (AvgIpc) is 2.79. The van der Waals surface area contributed by atoms with Gasteiger partial charge in [0.1, 0.15) is 5.76 Å². The molecule has 1 aromatic heterocycles. The lowest BCUT2D eigenvalue weighted by molar-refractivity contribution is -0.140. The van der Waals surface area contributed by atoms with Crippen molar-refractivity contribution < 1.29 is 9.53 Å². The van der Waals surface area contributed by atoms with Crippen molar-refractivity contribution in [1.29, 1.82) is 0 Å². The monoisotopic (exact) mass is 307 g/mol. The van der Waals surface area contributed by atoms with E-state index in [1.807, 2.05) is 0 Å². The van der Waals surface area contributed by atoms with Gasteiger partial charge in [0.2, 0.25) is 0 Å². The molecule has 0 fully saturated rings. The van der Waals surface area contributed by atoms with Gasteiger partial charge in [-0.2, -0.15) is 0 Å². The van der Waals surface area contributed by atoms with Gasteiger partial charge in [-0.05, 0) is 31.9 Å². The van der Waals surface area contributed by atoms with E-state index in [1.165, 1.54) is 33.4 Å². The van der Waals surface area contributed by atoms with Crippen LogP contribution in [0.4, 0.5) is 0 Å². The summed E-state index contributed by atoms with van der Waals surface area (Å²) in [5.74, 6) is 1.12. The third kappa shape index (κ3) is 2.14. The molecule has 1 aliphatic heterocycles. The topological polar surface area (TPSA) is 31.2 Å². The van der Waals surface area contributed by atoms with Crippen LogP contribution in [0.2, 0.25) is 0 Å². The van der Waals surface area contributed by atoms with Crippen LogP contribution >= 0.6 is 0 Å². The smallest absolute Gasteiger partial charge is 0.311 e. The van der Waals surface area contributed by atoms with Gasteiger partial charge in [-0.25, -0.2) is 0 Å². The van der Waals surface area contributed by atoms with Gasteiger partial charge in [0, 0.05) is 40.2 Å². The summed E-state index contributed by atoms with van der Waals surface area (Å²) in [6.07, 6.45) is 4.33. The number of benzene rings is 1. The number of ether oxygens (including phenoxy) is 1. The molecule has 0 N–H and O–H groups in total. The zero-order chi connectivity index (χ0) is 16.1. The van der Waals surface area contributed by atoms with E-state index in [0.717, 1.165) is 18.6 Å². The van der Waals surface area contributed by atoms with E-state index < -0.39 is 0 Å². The number of nitrogens with zero attached hydrogens (tertiary/aromatic N) is 1. The van der Waals surface area contributed by atoms with Crippen molar-refractivity contribution in [3.63, 3.8) is 0 Å². The van der Waals surface area contributed by atoms with E-state index >= 15 is 0 Å². The molecule has 1 atom stereocenters. The van der Waals surface area contributed by atoms with Crippen molar-refractivity contribution >= 4 is 22.4 Å². The van der Waals surface area contributed by atoms with Gasteiger partial charge in [0.15, 0.2) is 0 Å². The summed E-state index contributed by atoms with van der Waals surface area (Å²) in [5.41, 5.74) is 5.07. The Kier molecular flexibility index (Phi) is 3.19. The van der Waals surface area contributed by atoms with Gasteiger partial charge < -0.3 is 9.30 Å². The Balaban J connectivity index is 1.89. The highest BCUT2D eigenvalue weighted by molar-refractivity contribution is 5.90. The molecule has 1 aromatic carbocycles. The van der Waals surface area contributed by atoms with Gasteiger partial charge in [-0.15, -0.1) is 0 Å². The van der Waals surface area contributed by atoms with E-state index in [9.17, 15) is 4.79 Å². The number of fused-ring (bicyclic) bond motifs is 1. The number of carbonyl (C=O) groups excluding carboxylic acids is 1. The average molecular weight is 307 g/mol. The zero-order valence-corrected chi connectivity index (χ0v) is 13.8. The molecule has 118 valence electrons. The first-order valence-electron chi connectivity index (χ1n) is 8.27. The Morgan fingerprint density at radius 3 is 2.39 bits per heavy atom. The van der Waals surface area contributed by atoms with E-state index in [1.54, 1.807) is 0 Å². The number of hydrogen-bond acceptors (Lipinski definition) is 2. The molecular formula is C20H21NO2. The highest BCUT2D eigenvalue weighted by atomic mass is 16.5. The quantitative estimate of drug-likeness (QED) is 0.713. The van der Waals surface area contributed by atoms with E-state index in [0.29, 0.717) is 12.3 Å². The highest BCUT2D eigenvalue weighted by Gasteiger charge is 2.28. The number of esters is 1. The lowest BCUT2D eigenvalue weighted by Gasteiger charge is -2.29. The van der Waals surface area contributed by atoms with E-state index in [4.69, 9.17) is 4.74 Å². The molecule has 0 bridgehead atoms. The Morgan fingerprint density at radius 1 is 1.09 bits per heavy atom. The molecule has 0 radical (unpaired) electrons. The van der Waals surface area contributed by atoms with Crippen LogP contribution in [-0.4, -0.2) is 10.5 Å². The SMILES string of the molecule is Cc1c2ccccc2c(C)n1C1=CC2=C(CC1C)OC(=O)CC2. The minimum absolute atomic E-state index is 0.0909. The van der Waals surface area contributed by atoms with Gasteiger partial charge in [0.05, 0.1) is 6.42 Å². The number of rotatable bonds is 1. The normalized spacial score (nSPS) is 21.3. The van der Waals surface area contributed by atoms with Crippen LogP contribution in [-0.2, 0) is 9.53 Å². The molecule has 0 amide bonds. The highest BCUT2D eigenvalue weighted by Crippen LogP contribution is 2.39. The van der Waals surface area contributed by atoms with Crippen molar-refractivity contribution in [3.05, 3.63) is 53.1 Å². The molecular weight excluding hydrogens is 286 g/mol. The summed E-state index contributed by atoms with van der Waals surface area (Å²) in [6, 6.07) is 8.57. The predicted octanol–water partition coefficient (Wildman–Crippen LogP) is 4.73. The fourth-order valence-electron chi connectivity index (χ4n) is 3.94. The Morgan fingerprint density at radius 2 is 1.74 bits per heavy atom. The van der Waals surface area contributed by atoms with Gasteiger partial charge >= 0.3 is 5.97 Å². The first-order valence-corrected chi connectivity index (χ1v) is 8.27. The van der Waals surface area contributed by atoms with Crippen LogP contribution in [0.3, 0.4) is 0 Å². The molecule has 2 aromatic rings. The standard InChI is InChI=1S/C20H21NO2/c1-12-10-19-15(8-9-20(22)23-19)11-18(12)21-13(2)16-6-4-5-7-17(16)14(21)3/h4-7,11-12H,8-10H2,1-3H3. The summed E-state index contributed by atoms with van der Waals surface area (Å²) in [5, 5.41) is 2.63. The molecule has 3 heteroatoms. The second-order valence-electron chi connectivity index (χ2n) is 6.65. The summed E-state index contributed by atoms with van der Waals surface area (Å²) in [4.78, 5) is 11.5. The van der Waals surface area contributed by atoms with Crippen molar-refractivity contribution in [3.8, 4) is 0 Å². The van der Waals surface area contributed by atoms with Gasteiger partial charge in [0.25, 0.3) is 0 Å². The summed E-state index contributed by atoms with van der Waals surface area (Å²) in [6.45, 7) is 6.59. The molecule has 0 spiro atoms. The third-order valence-electron chi connectivity index (χ3n) is 5.15. The lowest BCUT2D eigenvalue weighted by atomic mass is 9.89. The van der Waals surface area contributed by atoms with Crippen molar-refractivity contribution in [1.82, 2.24) is 4.57 Å². The number of allylic oxidation sites excluding steroid dienone is 4. The fourth-order valence-corrected chi connectivity index (χ4v) is 3.94. The zero-order valence-electron chi connectivity index (χ0n) is 13.8. The van der Waals surface area contributed by atoms with Crippen molar-refractivity contribution in [2.24, 2.45) is 5.92 Å². The van der Waals surface area contributed by atoms with Crippen molar-refractivity contribution in [2.75, 3.05) is 0 Å². The maximum absolute atomic E-state index is 11.5. The number of carbonyl (C=O) groups is 1. The summed E-state index contributed by atoms with van der Waals surface area (Å²) >= 11 is 0. The van der Waals surface area contributed by atoms with Crippen LogP contribution in [0.5, 0.6) is 0 Å². The molecule has 23 heavy (non-hydrogen) atoms. The number of hydrogen-bond donors (Lipinski definition) is 0. The van der Waals surface area contributed by atoms with Crippen LogP contribution in [0.1, 0.15) is 37.6 Å². The Labute approximate surface area is 136 Å². The second-order valence-corrected chi connectivity index (χ2v) is 6.65. The molecule has 3 nitrogen and oxygen atoms in total. The van der Waals surface area contributed by atoms with Gasteiger partial charge in [-0.1, -0.05) is 31.2 Å². The Bertz CT molecular complexity index is 843. The summed E-state index contributed by atoms with van der Waals surface area (Å²) in [7, 11) is 0. The minimum atomic E-state index is -0.0909. The Hall–Kier alpha value is -2.29. The molecule has 2 heterocycles. The van der Waals surface area contributed by atoms with E-state index in [-0.39, 0.29) is 5.97 Å². The molecule has 0 saturated carbocycles. The number of aryl methyl sites for hydroxylation is 2. The summed E-state index contributed by atoms with van der Waals surface area (Å²) < 4.78 is 7.84. The van der Waals surface area contributed by atoms with Crippen LogP contribution in [0.15, 0.2) is 41.7 Å². The van der Waals surface area contributed by atoms with E-state index in [2.05, 4.69) is 55.7 Å². The van der Waals surface area contributed by atoms with Crippen LogP contribution in [0.25, 0.3) is 16.5 Å². The maximum Gasteiger partial charge on any atom is 0.311 e. The number of aromatic nitrogens is 1. The molecule has 1 unspecified atom stereocenters. The van der Waals surface area contributed by atoms with Gasteiger partial charge in [-0.3, -0.25) is 4.79 Å². The fraction of sp³-hybridized carbons (Fsp3) is 0.350. The van der Waals surface area contributed by atoms with Crippen LogP contribution in [0, 0.1) is 19.8 Å². The third-order valence-corrected chi connectivity index (χ3v) is 5.15. The first kappa shape index (κ1) is 14.3. The molecule has 2 aliphatic rings. The minimum Gasteiger partial charge on any atom is -0.431 e. The van der Waals surface area contributed by atoms with Crippen LogP contribution < -0.4 is 0 Å². The predicted molar refractivity (Wildman–Crippen MR) is 91.8 cm³/mol.